The van der Waals surface area contributed by atoms with Crippen molar-refractivity contribution < 1.29 is 57.6 Å². The lowest BCUT2D eigenvalue weighted by Crippen LogP contribution is -2.45. The number of aliphatic carboxylic acids is 1. The van der Waals surface area contributed by atoms with Crippen LogP contribution in [0.1, 0.15) is 27.0 Å². The van der Waals surface area contributed by atoms with Crippen LogP contribution >= 0.6 is 22.9 Å². The summed E-state index contributed by atoms with van der Waals surface area (Å²) in [5.74, 6) is -7.88. The predicted molar refractivity (Wildman–Crippen MR) is 211 cm³/mol. The van der Waals surface area contributed by atoms with E-state index in [1.54, 1.807) is 19.1 Å². The Hall–Kier alpha value is -5.37. The first-order valence-corrected chi connectivity index (χ1v) is 19.0. The molecular weight excluding hydrogens is 842 g/mol. The maximum absolute atomic E-state index is 16.7. The van der Waals surface area contributed by atoms with Crippen LogP contribution in [0.15, 0.2) is 71.5 Å². The zero-order valence-corrected chi connectivity index (χ0v) is 32.7. The van der Waals surface area contributed by atoms with E-state index in [0.717, 1.165) is 80.4 Å². The molecule has 320 valence electrons. The molecule has 4 aromatic heterocycles. The smallest absolute Gasteiger partial charge is 0.408 e. The van der Waals surface area contributed by atoms with Crippen molar-refractivity contribution in [3.05, 3.63) is 95.0 Å². The number of piperazine rings is 1. The van der Waals surface area contributed by atoms with Gasteiger partial charge in [0.2, 0.25) is 5.88 Å². The third-order valence-corrected chi connectivity index (χ3v) is 11.1. The molecule has 5 heterocycles. The number of carboxylic acids is 1. The summed E-state index contributed by atoms with van der Waals surface area (Å²) in [5, 5.41) is 13.9. The second-order valence-corrected chi connectivity index (χ2v) is 14.8. The molecule has 12 nitrogen and oxygen atoms in total. The van der Waals surface area contributed by atoms with Crippen LogP contribution in [0.3, 0.4) is 0 Å². The molecule has 0 amide bonds. The Morgan fingerprint density at radius 2 is 1.78 bits per heavy atom. The van der Waals surface area contributed by atoms with Crippen molar-refractivity contribution >= 4 is 39.1 Å². The van der Waals surface area contributed by atoms with Crippen LogP contribution < -0.4 is 14.2 Å². The number of carboxylic acid groups (broad SMARTS) is 1. The lowest BCUT2D eigenvalue weighted by molar-refractivity contribution is -0.169. The molecule has 0 saturated carbocycles. The van der Waals surface area contributed by atoms with Crippen molar-refractivity contribution in [2.75, 3.05) is 46.4 Å². The van der Waals surface area contributed by atoms with E-state index in [4.69, 9.17) is 33.0 Å². The van der Waals surface area contributed by atoms with E-state index in [2.05, 4.69) is 31.9 Å². The van der Waals surface area contributed by atoms with Gasteiger partial charge in [-0.2, -0.15) is 31.4 Å². The highest BCUT2D eigenvalue weighted by molar-refractivity contribution is 7.22. The predicted octanol–water partition coefficient (Wildman–Crippen LogP) is 8.94. The summed E-state index contributed by atoms with van der Waals surface area (Å²) in [6.45, 7) is 1.39. The molecule has 20 heteroatoms. The molecule has 6 aromatic rings. The number of thiophene rings is 1. The molecule has 1 atom stereocenters. The van der Waals surface area contributed by atoms with Crippen LogP contribution in [0.2, 0.25) is 5.02 Å². The lowest BCUT2D eigenvalue weighted by Gasteiger charge is -2.32. The average molecular weight is 883 g/mol. The van der Waals surface area contributed by atoms with E-state index >= 15 is 8.78 Å². The number of benzene rings is 2. The van der Waals surface area contributed by atoms with Crippen molar-refractivity contribution in [2.24, 2.45) is 0 Å². The molecule has 1 aliphatic rings. The maximum atomic E-state index is 16.7. The minimum absolute atomic E-state index is 0. The standard InChI is InChI=1S/C39H35ClF6N6O6S.CH4/c1-22-24(7-8-27(32(22)40)55-18-17-51-15-13-50(2)14-16-51)30-31-35(47-21-48-36(31)59-33(30)28-9-10-29(41)57-28)58-34(37(53)54)39(45,46)25-5-3-4-6-26(25)56-19-23-11-12-49-52(23)20-38(42,43)44;/h3-12,21,34H,13-20H2,1-2H3,(H,53,54);1H4/t34-;/m0./s1/i19D2;. The Labute approximate surface area is 351 Å². The zero-order chi connectivity index (χ0) is 43.9. The zero-order valence-electron chi connectivity index (χ0n) is 33.1. The fourth-order valence-corrected chi connectivity index (χ4v) is 7.78. The van der Waals surface area contributed by atoms with Crippen molar-refractivity contribution in [1.82, 2.24) is 29.5 Å². The van der Waals surface area contributed by atoms with Crippen LogP contribution in [0, 0.1) is 12.9 Å². The topological polar surface area (TPSA) is 128 Å². The third-order valence-electron chi connectivity index (χ3n) is 9.47. The number of nitrogens with zero attached hydrogens (tertiary/aromatic N) is 6. The van der Waals surface area contributed by atoms with Crippen LogP contribution in [0.4, 0.5) is 26.3 Å². The number of likely N-dealkylation sites (N-methyl/N-ethyl adjacent to an activating group) is 1. The van der Waals surface area contributed by atoms with Crippen molar-refractivity contribution in [3.63, 3.8) is 0 Å². The number of aromatic nitrogens is 4. The summed E-state index contributed by atoms with van der Waals surface area (Å²) in [5.41, 5.74) is -0.929. The molecular formula is C40H39ClF6N6O6S. The number of halogens is 7. The molecule has 2 aromatic carbocycles. The maximum Gasteiger partial charge on any atom is 0.408 e. The van der Waals surface area contributed by atoms with Gasteiger partial charge >= 0.3 is 18.1 Å². The Morgan fingerprint density at radius 1 is 1.03 bits per heavy atom. The number of hydrogen-bond acceptors (Lipinski definition) is 11. The molecule has 0 spiro atoms. The fourth-order valence-electron chi connectivity index (χ4n) is 6.45. The summed E-state index contributed by atoms with van der Waals surface area (Å²) in [7, 11) is 2.06. The van der Waals surface area contributed by atoms with Gasteiger partial charge in [0.1, 0.15) is 48.1 Å². The van der Waals surface area contributed by atoms with Gasteiger partial charge < -0.3 is 28.6 Å². The van der Waals surface area contributed by atoms with E-state index in [1.807, 2.05) is 0 Å². The molecule has 0 unspecified atom stereocenters. The molecule has 0 radical (unpaired) electrons. The quantitative estimate of drug-likeness (QED) is 0.0994. The fraction of sp³-hybridized carbons (Fsp3) is 0.350. The molecule has 1 N–H and O–H groups in total. The minimum Gasteiger partial charge on any atom is -0.491 e. The number of fused-ring (bicyclic) bond motifs is 1. The van der Waals surface area contributed by atoms with E-state index in [1.165, 1.54) is 12.1 Å². The summed E-state index contributed by atoms with van der Waals surface area (Å²) in [6, 6.07) is 9.52. The van der Waals surface area contributed by atoms with E-state index in [-0.39, 0.29) is 43.5 Å². The number of hydrogen-bond donors (Lipinski definition) is 1. The number of carbonyl (C=O) groups is 1. The van der Waals surface area contributed by atoms with Gasteiger partial charge in [-0.15, -0.1) is 11.3 Å². The van der Waals surface area contributed by atoms with E-state index in [0.29, 0.717) is 30.0 Å². The molecule has 0 bridgehead atoms. The van der Waals surface area contributed by atoms with Gasteiger partial charge in [0.05, 0.1) is 29.3 Å². The average Bonchev–Trinajstić information content (AvgIpc) is 3.94. The van der Waals surface area contributed by atoms with Gasteiger partial charge in [0.15, 0.2) is 0 Å². The highest BCUT2D eigenvalue weighted by atomic mass is 35.5. The van der Waals surface area contributed by atoms with Crippen molar-refractivity contribution in [3.8, 4) is 39.1 Å². The van der Waals surface area contributed by atoms with Crippen LogP contribution in [0.5, 0.6) is 17.4 Å². The first-order valence-electron chi connectivity index (χ1n) is 18.8. The number of rotatable bonds is 15. The number of ether oxygens (including phenoxy) is 3. The Bertz CT molecular complexity index is 2550. The molecule has 1 aliphatic heterocycles. The highest BCUT2D eigenvalue weighted by Crippen LogP contribution is 2.50. The largest absolute Gasteiger partial charge is 0.491 e. The van der Waals surface area contributed by atoms with Crippen molar-refractivity contribution in [1.29, 1.82) is 0 Å². The van der Waals surface area contributed by atoms with Gasteiger partial charge in [-0.3, -0.25) is 9.58 Å². The monoisotopic (exact) mass is 882 g/mol. The summed E-state index contributed by atoms with van der Waals surface area (Å²) in [6.07, 6.45) is -6.06. The van der Waals surface area contributed by atoms with Gasteiger partial charge in [0, 0.05) is 50.6 Å². The minimum atomic E-state index is -4.81. The van der Waals surface area contributed by atoms with Gasteiger partial charge in [0.25, 0.3) is 12.1 Å². The first-order chi connectivity index (χ1) is 28.8. The number of alkyl halides is 5. The molecule has 7 rings (SSSR count). The summed E-state index contributed by atoms with van der Waals surface area (Å²) >= 11 is 7.83. The van der Waals surface area contributed by atoms with Gasteiger partial charge in [-0.05, 0) is 55.4 Å². The molecule has 60 heavy (non-hydrogen) atoms. The number of furan rings is 1. The van der Waals surface area contributed by atoms with Gasteiger partial charge in [-0.25, -0.2) is 14.8 Å². The second-order valence-electron chi connectivity index (χ2n) is 13.5. The summed E-state index contributed by atoms with van der Waals surface area (Å²) in [4.78, 5) is 26.0. The highest BCUT2D eigenvalue weighted by Gasteiger charge is 2.51. The van der Waals surface area contributed by atoms with E-state index < -0.39 is 66.2 Å². The van der Waals surface area contributed by atoms with E-state index in [9.17, 15) is 27.5 Å². The Balaban J connectivity index is 0.00000641. The summed E-state index contributed by atoms with van der Waals surface area (Å²) < 4.78 is 127. The molecule has 1 saturated heterocycles. The van der Waals surface area contributed by atoms with Crippen LogP contribution in [0.25, 0.3) is 32.0 Å². The van der Waals surface area contributed by atoms with Crippen molar-refractivity contribution in [2.45, 2.75) is 45.7 Å². The Morgan fingerprint density at radius 3 is 2.48 bits per heavy atom. The molecule has 1 fully saturated rings. The first kappa shape index (κ1) is 41.4. The third kappa shape index (κ3) is 9.48. The Kier molecular flexibility index (Phi) is 12.5. The van der Waals surface area contributed by atoms with Crippen LogP contribution in [-0.2, 0) is 23.8 Å². The SMILES string of the molecule is C.[2H]C([2H])(Oc1ccccc1C(F)(F)[C@@H](Oc1ncnc2sc(-c3ccc(F)o3)c(-c3ccc(OCCN4CCN(C)CC4)c(Cl)c3C)c12)C(=O)O)c1ccnn1CC(F)(F)F. The number of para-hydroxylation sites is 1. The van der Waals surface area contributed by atoms with Gasteiger partial charge in [-0.1, -0.05) is 37.2 Å². The normalized spacial score (nSPS) is 15.3. The second kappa shape index (κ2) is 18.1. The lowest BCUT2D eigenvalue weighted by atomic mass is 9.97. The van der Waals surface area contributed by atoms with Crippen LogP contribution in [-0.4, -0.2) is 99.3 Å². The molecule has 0 aliphatic carbocycles.